The third-order valence-corrected chi connectivity index (χ3v) is 8.89. The van der Waals surface area contributed by atoms with Gasteiger partial charge in [0.15, 0.2) is 11.5 Å². The molecule has 1 aliphatic rings. The van der Waals surface area contributed by atoms with Crippen molar-refractivity contribution < 1.29 is 45.4 Å². The van der Waals surface area contributed by atoms with Gasteiger partial charge >= 0.3 is 22.1 Å². The molecule has 1 aliphatic heterocycles. The van der Waals surface area contributed by atoms with Crippen molar-refractivity contribution in [2.45, 2.75) is 11.4 Å². The van der Waals surface area contributed by atoms with Crippen LogP contribution in [0.4, 0.5) is 10.1 Å². The number of carboxylic acids is 1. The molecule has 1 aromatic heterocycles. The Hall–Kier alpha value is -3.95. The van der Waals surface area contributed by atoms with Crippen LogP contribution >= 0.6 is 0 Å². The zero-order valence-electron chi connectivity index (χ0n) is 19.1. The lowest BCUT2D eigenvalue weighted by atomic mass is 10.1. The summed E-state index contributed by atoms with van der Waals surface area (Å²) in [5.74, 6) is -2.37. The van der Waals surface area contributed by atoms with Crippen molar-refractivity contribution in [3.05, 3.63) is 60.3 Å². The molecule has 2 aromatic carbocycles. The maximum atomic E-state index is 13.1. The van der Waals surface area contributed by atoms with Crippen molar-refractivity contribution in [2.75, 3.05) is 24.6 Å². The third kappa shape index (κ3) is 5.00. The molecule has 0 amide bonds. The van der Waals surface area contributed by atoms with E-state index in [1.54, 1.807) is 4.13 Å². The number of hydrogen-bond donors (Lipinski definition) is 2. The summed E-state index contributed by atoms with van der Waals surface area (Å²) < 4.78 is 79.0. The zero-order valence-corrected chi connectivity index (χ0v) is 20.8. The van der Waals surface area contributed by atoms with Crippen molar-refractivity contribution in [1.82, 2.24) is 8.69 Å². The summed E-state index contributed by atoms with van der Waals surface area (Å²) in [6.45, 7) is -1.95. The van der Waals surface area contributed by atoms with Gasteiger partial charge in [-0.2, -0.15) is 8.42 Å². The number of halogens is 1. The second kappa shape index (κ2) is 9.84. The van der Waals surface area contributed by atoms with Crippen molar-refractivity contribution in [1.29, 1.82) is 0 Å². The number of fused-ring (bicyclic) bond motifs is 1. The highest BCUT2D eigenvalue weighted by atomic mass is 32.3. The Labute approximate surface area is 211 Å². The molecule has 4 rings (SSSR count). The summed E-state index contributed by atoms with van der Waals surface area (Å²) in [5, 5.41) is 9.35. The number of esters is 1. The molecule has 3 aromatic rings. The molecule has 15 heteroatoms. The average molecular weight is 554 g/mol. The number of ether oxygens (including phenoxy) is 2. The van der Waals surface area contributed by atoms with Crippen LogP contribution in [0.1, 0.15) is 10.5 Å². The van der Waals surface area contributed by atoms with Gasteiger partial charge in [-0.1, -0.05) is 22.3 Å². The Bertz CT molecular complexity index is 1600. The fourth-order valence-electron chi connectivity index (χ4n) is 3.81. The minimum absolute atomic E-state index is 0.0679. The van der Waals surface area contributed by atoms with E-state index >= 15 is 0 Å². The monoisotopic (exact) mass is 553 g/mol. The SMILES string of the molecule is COc1cccc2c1OC(=O)CN2S(=O)(=O)NS(=O)(=O)c1cccc(-c2ccc(C(=O)O)n2CCF)c1. The first-order valence-electron chi connectivity index (χ1n) is 10.5. The summed E-state index contributed by atoms with van der Waals surface area (Å²) in [7, 11) is -8.30. The number of hydrogen-bond acceptors (Lipinski definition) is 8. The number of carboxylic acid groups (broad SMARTS) is 1. The predicted octanol–water partition coefficient (Wildman–Crippen LogP) is 1.78. The lowest BCUT2D eigenvalue weighted by Crippen LogP contribution is -2.48. The molecule has 2 heterocycles. The number of aromatic carboxylic acids is 1. The quantitative estimate of drug-likeness (QED) is 0.297. The zero-order chi connectivity index (χ0) is 27.0. The molecule has 0 fully saturated rings. The Morgan fingerprint density at radius 2 is 1.86 bits per heavy atom. The molecule has 0 unspecified atom stereocenters. The van der Waals surface area contributed by atoms with Gasteiger partial charge in [0, 0.05) is 5.69 Å². The van der Waals surface area contributed by atoms with E-state index < -0.39 is 50.3 Å². The number of benzene rings is 2. The second-order valence-corrected chi connectivity index (χ2v) is 11.2. The van der Waals surface area contributed by atoms with Gasteiger partial charge in [0.2, 0.25) is 0 Å². The van der Waals surface area contributed by atoms with E-state index in [1.807, 2.05) is 0 Å². The molecule has 196 valence electrons. The number of alkyl halides is 1. The molecule has 0 radical (unpaired) electrons. The first kappa shape index (κ1) is 26.1. The van der Waals surface area contributed by atoms with E-state index in [4.69, 9.17) is 9.47 Å². The minimum atomic E-state index is -4.86. The highest BCUT2D eigenvalue weighted by Gasteiger charge is 2.37. The number of carbonyl (C=O) groups is 2. The highest BCUT2D eigenvalue weighted by molar-refractivity contribution is 8.05. The van der Waals surface area contributed by atoms with Crippen LogP contribution in [-0.2, 0) is 31.6 Å². The van der Waals surface area contributed by atoms with Crippen LogP contribution in [0.15, 0.2) is 59.5 Å². The maximum Gasteiger partial charge on any atom is 0.352 e. The molecule has 0 atom stereocenters. The predicted molar refractivity (Wildman–Crippen MR) is 128 cm³/mol. The van der Waals surface area contributed by atoms with Gasteiger partial charge in [-0.05, 0) is 42.0 Å². The maximum absolute atomic E-state index is 13.1. The summed E-state index contributed by atoms with van der Waals surface area (Å²) in [5.41, 5.74) is 0.112. The van der Waals surface area contributed by atoms with Crippen LogP contribution in [-0.4, -0.2) is 58.8 Å². The Morgan fingerprint density at radius 1 is 1.14 bits per heavy atom. The number of anilines is 1. The molecule has 0 spiro atoms. The van der Waals surface area contributed by atoms with E-state index in [0.717, 1.165) is 12.1 Å². The number of methoxy groups -OCH3 is 1. The largest absolute Gasteiger partial charge is 0.493 e. The fraction of sp³-hybridized carbons (Fsp3) is 0.182. The Kier molecular flexibility index (Phi) is 6.94. The van der Waals surface area contributed by atoms with E-state index in [1.165, 1.54) is 54.1 Å². The summed E-state index contributed by atoms with van der Waals surface area (Å²) >= 11 is 0. The van der Waals surface area contributed by atoms with Gasteiger partial charge in [0.25, 0.3) is 10.0 Å². The molecule has 0 bridgehead atoms. The second-order valence-electron chi connectivity index (χ2n) is 7.66. The fourth-order valence-corrected chi connectivity index (χ4v) is 6.88. The number of carbonyl (C=O) groups excluding carboxylic acids is 1. The normalized spacial score (nSPS) is 13.7. The number of aromatic nitrogens is 1. The highest BCUT2D eigenvalue weighted by Crippen LogP contribution is 2.41. The van der Waals surface area contributed by atoms with E-state index in [-0.39, 0.29) is 40.7 Å². The van der Waals surface area contributed by atoms with E-state index in [2.05, 4.69) is 0 Å². The number of nitrogens with one attached hydrogen (secondary N) is 1. The van der Waals surface area contributed by atoms with Crippen molar-refractivity contribution in [3.8, 4) is 22.8 Å². The molecular formula is C22H20FN3O9S2. The van der Waals surface area contributed by atoms with Crippen LogP contribution in [0, 0.1) is 0 Å². The topological polar surface area (TPSA) is 161 Å². The third-order valence-electron chi connectivity index (χ3n) is 5.39. The van der Waals surface area contributed by atoms with Crippen LogP contribution < -0.4 is 17.9 Å². The summed E-state index contributed by atoms with van der Waals surface area (Å²) in [6.07, 6.45) is 0. The van der Waals surface area contributed by atoms with Gasteiger partial charge in [-0.15, -0.1) is 0 Å². The van der Waals surface area contributed by atoms with E-state index in [0.29, 0.717) is 4.31 Å². The van der Waals surface area contributed by atoms with Crippen molar-refractivity contribution in [2.24, 2.45) is 0 Å². The van der Waals surface area contributed by atoms with Gasteiger partial charge < -0.3 is 19.1 Å². The molecule has 0 saturated carbocycles. The average Bonchev–Trinajstić information content (AvgIpc) is 3.27. The lowest BCUT2D eigenvalue weighted by Gasteiger charge is -2.29. The van der Waals surface area contributed by atoms with Crippen molar-refractivity contribution in [3.63, 3.8) is 0 Å². The van der Waals surface area contributed by atoms with Gasteiger partial charge in [0.05, 0.1) is 18.6 Å². The molecule has 2 N–H and O–H groups in total. The lowest BCUT2D eigenvalue weighted by molar-refractivity contribution is -0.133. The Morgan fingerprint density at radius 3 is 2.54 bits per heavy atom. The number of para-hydroxylation sites is 1. The standard InChI is InChI=1S/C22H20FN3O9S2/c1-34-19-7-3-6-17-21(19)35-20(27)13-26(17)37(32,33)24-36(30,31)15-5-2-4-14(12-15)16-8-9-18(22(28)29)25(16)11-10-23/h2-9,12,24H,10-11,13H2,1H3,(H,28,29). The first-order valence-corrected chi connectivity index (χ1v) is 13.4. The molecule has 37 heavy (non-hydrogen) atoms. The van der Waals surface area contributed by atoms with Crippen LogP contribution in [0.2, 0.25) is 0 Å². The van der Waals surface area contributed by atoms with Gasteiger partial charge in [-0.25, -0.2) is 26.7 Å². The number of rotatable bonds is 9. The number of sulfonamides is 1. The smallest absolute Gasteiger partial charge is 0.352 e. The minimum Gasteiger partial charge on any atom is -0.493 e. The Balaban J connectivity index is 1.70. The summed E-state index contributed by atoms with van der Waals surface area (Å²) in [6, 6.07) is 11.9. The molecular weight excluding hydrogens is 533 g/mol. The van der Waals surface area contributed by atoms with Crippen LogP contribution in [0.3, 0.4) is 0 Å². The van der Waals surface area contributed by atoms with Crippen molar-refractivity contribution >= 4 is 37.9 Å². The van der Waals surface area contributed by atoms with Crippen LogP contribution in [0.25, 0.3) is 11.3 Å². The molecule has 0 saturated heterocycles. The molecule has 12 nitrogen and oxygen atoms in total. The van der Waals surface area contributed by atoms with Crippen LogP contribution in [0.5, 0.6) is 11.5 Å². The number of nitrogens with zero attached hydrogens (tertiary/aromatic N) is 2. The molecule has 0 aliphatic carbocycles. The van der Waals surface area contributed by atoms with Gasteiger partial charge in [-0.3, -0.25) is 0 Å². The summed E-state index contributed by atoms with van der Waals surface area (Å²) in [4.78, 5) is 23.1. The first-order chi connectivity index (χ1) is 17.5. The van der Waals surface area contributed by atoms with E-state index in [9.17, 15) is 35.9 Å². The van der Waals surface area contributed by atoms with Gasteiger partial charge in [0.1, 0.15) is 24.6 Å².